The lowest BCUT2D eigenvalue weighted by atomic mass is 9.66. The number of benzene rings is 1. The van der Waals surface area contributed by atoms with Gasteiger partial charge in [0.1, 0.15) is 6.10 Å². The summed E-state index contributed by atoms with van der Waals surface area (Å²) in [6, 6.07) is 0.731. The summed E-state index contributed by atoms with van der Waals surface area (Å²) in [5.41, 5.74) is 0.467. The lowest BCUT2D eigenvalue weighted by Gasteiger charge is -2.50. The molecule has 1 N–H and O–H groups in total. The first-order valence-corrected chi connectivity index (χ1v) is 11.0. The van der Waals surface area contributed by atoms with E-state index in [0.29, 0.717) is 5.56 Å². The molecule has 0 saturated heterocycles. The lowest BCUT2D eigenvalue weighted by molar-refractivity contribution is -0.201. The van der Waals surface area contributed by atoms with Crippen LogP contribution < -0.4 is 19.5 Å². The Morgan fingerprint density at radius 2 is 1.49 bits per heavy atom. The maximum absolute atomic E-state index is 13.3. The Labute approximate surface area is 200 Å². The van der Waals surface area contributed by atoms with Crippen LogP contribution in [0.3, 0.4) is 0 Å². The zero-order valence-corrected chi connectivity index (χ0v) is 19.7. The summed E-state index contributed by atoms with van der Waals surface area (Å²) in [5.74, 6) is -4.19. The first-order valence-electron chi connectivity index (χ1n) is 11.0. The van der Waals surface area contributed by atoms with Crippen molar-refractivity contribution in [1.29, 1.82) is 0 Å². The highest BCUT2D eigenvalue weighted by atomic mass is 16.7. The number of nitrogens with one attached hydrogen (secondary N) is 1. The molecule has 1 fully saturated rings. The Balaban J connectivity index is 1.91. The third-order valence-electron chi connectivity index (χ3n) is 6.16. The third-order valence-corrected chi connectivity index (χ3v) is 6.16. The van der Waals surface area contributed by atoms with E-state index in [1.54, 1.807) is 13.0 Å². The maximum atomic E-state index is 13.3. The average Bonchev–Trinajstić information content (AvgIpc) is 3.20. The largest absolute Gasteiger partial charge is 0.458 e. The van der Waals surface area contributed by atoms with Gasteiger partial charge in [0.25, 0.3) is 5.91 Å². The summed E-state index contributed by atoms with van der Waals surface area (Å²) in [6.07, 6.45) is -3.38. The molecule has 0 bridgehead atoms. The van der Waals surface area contributed by atoms with Crippen molar-refractivity contribution < 1.29 is 52.4 Å². The highest BCUT2D eigenvalue weighted by molar-refractivity contribution is 6.02. The van der Waals surface area contributed by atoms with Gasteiger partial charge >= 0.3 is 23.9 Å². The SMILES string of the molecule is CC(=O)Oc1c2c(cc3c1C(=O)N[C@H]1[C@H](OC(C)=O)[C@H](OC(C)=O)[C@@H](OC(C)=O)[C@H](C)[C@H]31)OCO2. The minimum absolute atomic E-state index is 0.0478. The van der Waals surface area contributed by atoms with Crippen LogP contribution in [0.2, 0.25) is 0 Å². The molecule has 1 aromatic carbocycles. The number of ether oxygens (including phenoxy) is 6. The molecule has 1 aliphatic carbocycles. The van der Waals surface area contributed by atoms with Crippen LogP contribution >= 0.6 is 0 Å². The third kappa shape index (κ3) is 4.35. The predicted octanol–water partition coefficient (Wildman–Crippen LogP) is 0.981. The van der Waals surface area contributed by atoms with Gasteiger partial charge in [-0.25, -0.2) is 0 Å². The zero-order valence-electron chi connectivity index (χ0n) is 19.7. The number of rotatable bonds is 4. The number of hydrogen-bond acceptors (Lipinski definition) is 11. The second-order valence-corrected chi connectivity index (χ2v) is 8.60. The van der Waals surface area contributed by atoms with Crippen LogP contribution in [0.4, 0.5) is 0 Å². The Morgan fingerprint density at radius 3 is 2.09 bits per heavy atom. The van der Waals surface area contributed by atoms with Crippen molar-refractivity contribution in [1.82, 2.24) is 5.32 Å². The fraction of sp³-hybridized carbons (Fsp3) is 0.522. The molecule has 4 rings (SSSR count). The number of carbonyl (C=O) groups excluding carboxylic acids is 5. The Kier molecular flexibility index (Phi) is 6.30. The standard InChI is InChI=1S/C23H25NO11/c1-8-15-13-6-14-19(31-7-30-14)20(33-10(3)26)16(13)23(29)24-17(15)21(34-11(4)27)22(35-12(5)28)18(8)32-9(2)25/h6,8,15,17-18,21-22H,7H2,1-5H3,(H,24,29)/t8-,15-,17-,18+,21+,22-/m1/s1. The van der Waals surface area contributed by atoms with Crippen LogP contribution in [-0.4, -0.2) is 60.9 Å². The van der Waals surface area contributed by atoms with E-state index in [9.17, 15) is 24.0 Å². The van der Waals surface area contributed by atoms with Crippen molar-refractivity contribution >= 4 is 29.8 Å². The quantitative estimate of drug-likeness (QED) is 0.364. The second kappa shape index (κ2) is 9.08. The van der Waals surface area contributed by atoms with Crippen molar-refractivity contribution in [2.75, 3.05) is 6.79 Å². The molecule has 188 valence electrons. The van der Waals surface area contributed by atoms with E-state index >= 15 is 0 Å². The predicted molar refractivity (Wildman–Crippen MR) is 114 cm³/mol. The number of fused-ring (bicyclic) bond motifs is 4. The minimum Gasteiger partial charge on any atom is -0.458 e. The molecule has 1 saturated carbocycles. The molecular weight excluding hydrogens is 466 g/mol. The molecule has 35 heavy (non-hydrogen) atoms. The van der Waals surface area contributed by atoms with Gasteiger partial charge in [-0.15, -0.1) is 0 Å². The smallest absolute Gasteiger partial charge is 0.308 e. The zero-order chi connectivity index (χ0) is 25.6. The summed E-state index contributed by atoms with van der Waals surface area (Å²) >= 11 is 0. The summed E-state index contributed by atoms with van der Waals surface area (Å²) in [4.78, 5) is 61.1. The fourth-order valence-corrected chi connectivity index (χ4v) is 5.09. The van der Waals surface area contributed by atoms with Crippen molar-refractivity contribution in [3.05, 3.63) is 17.2 Å². The van der Waals surface area contributed by atoms with E-state index in [2.05, 4.69) is 5.32 Å². The number of carbonyl (C=O) groups is 5. The van der Waals surface area contributed by atoms with E-state index in [1.165, 1.54) is 27.7 Å². The highest BCUT2D eigenvalue weighted by Crippen LogP contribution is 2.52. The lowest BCUT2D eigenvalue weighted by Crippen LogP contribution is -2.66. The van der Waals surface area contributed by atoms with Crippen LogP contribution in [0.5, 0.6) is 17.2 Å². The minimum atomic E-state index is -1.18. The van der Waals surface area contributed by atoms with Gasteiger partial charge in [0.15, 0.2) is 23.7 Å². The van der Waals surface area contributed by atoms with Gasteiger partial charge in [0.05, 0.1) is 11.6 Å². The van der Waals surface area contributed by atoms with Crippen LogP contribution in [0.1, 0.15) is 56.5 Å². The molecule has 1 aromatic rings. The van der Waals surface area contributed by atoms with Gasteiger partial charge in [0.2, 0.25) is 12.5 Å². The molecule has 2 aliphatic heterocycles. The molecule has 0 spiro atoms. The molecule has 0 radical (unpaired) electrons. The molecule has 0 aromatic heterocycles. The van der Waals surface area contributed by atoms with Gasteiger partial charge < -0.3 is 33.7 Å². The van der Waals surface area contributed by atoms with E-state index in [4.69, 9.17) is 28.4 Å². The van der Waals surface area contributed by atoms with E-state index in [-0.39, 0.29) is 29.6 Å². The molecule has 3 aliphatic rings. The molecule has 6 atom stereocenters. The molecule has 2 heterocycles. The summed E-state index contributed by atoms with van der Waals surface area (Å²) in [5, 5.41) is 2.81. The van der Waals surface area contributed by atoms with E-state index in [1.807, 2.05) is 0 Å². The Bertz CT molecular complexity index is 1110. The normalized spacial score (nSPS) is 28.1. The van der Waals surface area contributed by atoms with Crippen LogP contribution in [-0.2, 0) is 33.4 Å². The van der Waals surface area contributed by atoms with Gasteiger partial charge in [-0.3, -0.25) is 24.0 Å². The second-order valence-electron chi connectivity index (χ2n) is 8.60. The fourth-order valence-electron chi connectivity index (χ4n) is 5.09. The summed E-state index contributed by atoms with van der Waals surface area (Å²) in [7, 11) is 0. The maximum Gasteiger partial charge on any atom is 0.308 e. The first-order chi connectivity index (χ1) is 16.5. The van der Waals surface area contributed by atoms with Gasteiger partial charge in [-0.05, 0) is 11.6 Å². The van der Waals surface area contributed by atoms with Gasteiger partial charge in [0, 0.05) is 39.5 Å². The summed E-state index contributed by atoms with van der Waals surface area (Å²) in [6.45, 7) is 6.35. The Morgan fingerprint density at radius 1 is 0.886 bits per heavy atom. The molecule has 12 heteroatoms. The van der Waals surface area contributed by atoms with Crippen LogP contribution in [0.25, 0.3) is 0 Å². The van der Waals surface area contributed by atoms with Crippen LogP contribution in [0.15, 0.2) is 6.07 Å². The Hall–Kier alpha value is -3.83. The molecule has 0 unspecified atom stereocenters. The number of amides is 1. The van der Waals surface area contributed by atoms with Crippen LogP contribution in [0, 0.1) is 5.92 Å². The summed E-state index contributed by atoms with van der Waals surface area (Å²) < 4.78 is 32.8. The van der Waals surface area contributed by atoms with Gasteiger partial charge in [-0.2, -0.15) is 0 Å². The van der Waals surface area contributed by atoms with Crippen molar-refractivity contribution in [3.8, 4) is 17.2 Å². The average molecular weight is 491 g/mol. The van der Waals surface area contributed by atoms with E-state index < -0.39 is 66.0 Å². The van der Waals surface area contributed by atoms with Gasteiger partial charge in [-0.1, -0.05) is 6.92 Å². The molecule has 1 amide bonds. The van der Waals surface area contributed by atoms with Crippen molar-refractivity contribution in [2.24, 2.45) is 5.92 Å². The number of esters is 4. The van der Waals surface area contributed by atoms with E-state index in [0.717, 1.165) is 0 Å². The first kappa shape index (κ1) is 24.3. The molecule has 12 nitrogen and oxygen atoms in total. The highest BCUT2D eigenvalue weighted by Gasteiger charge is 2.58. The topological polar surface area (TPSA) is 153 Å². The molecular formula is C23H25NO11. The van der Waals surface area contributed by atoms with Crippen molar-refractivity contribution in [2.45, 2.75) is 64.9 Å². The number of hydrogen-bond donors (Lipinski definition) is 1. The monoisotopic (exact) mass is 491 g/mol. The van der Waals surface area contributed by atoms with Crippen molar-refractivity contribution in [3.63, 3.8) is 0 Å².